The first-order valence-corrected chi connectivity index (χ1v) is 18.1. The molecule has 0 aromatic heterocycles. The van der Waals surface area contributed by atoms with Gasteiger partial charge < -0.3 is 50.0 Å². The minimum absolute atomic E-state index is 0.00126. The molecule has 0 radical (unpaired) electrons. The van der Waals surface area contributed by atoms with Crippen molar-refractivity contribution in [3.05, 3.63) is 46.5 Å². The molecule has 0 unspecified atom stereocenters. The number of unbranched alkanes of at least 4 members (excludes halogenated alkanes) is 14. The van der Waals surface area contributed by atoms with E-state index in [0.29, 0.717) is 18.4 Å². The minimum Gasteiger partial charge on any atom is -0.507 e. The number of benzene rings is 2. The summed E-state index contributed by atoms with van der Waals surface area (Å²) in [7, 11) is 0. The fourth-order valence-electron chi connectivity index (χ4n) is 6.37. The van der Waals surface area contributed by atoms with Crippen LogP contribution in [0.1, 0.15) is 135 Å². The van der Waals surface area contributed by atoms with Crippen LogP contribution in [0.15, 0.2) is 24.3 Å². The Morgan fingerprint density at radius 3 is 1.74 bits per heavy atom. The molecule has 1 heterocycles. The van der Waals surface area contributed by atoms with Crippen molar-refractivity contribution in [1.29, 1.82) is 0 Å². The van der Waals surface area contributed by atoms with Gasteiger partial charge in [-0.1, -0.05) is 96.8 Å². The number of ether oxygens (including phenoxy) is 3. The molecule has 1 saturated heterocycles. The number of aromatic hydroxyl groups is 2. The lowest BCUT2D eigenvalue weighted by Gasteiger charge is -2.39. The van der Waals surface area contributed by atoms with E-state index in [2.05, 4.69) is 6.92 Å². The quantitative estimate of drug-likeness (QED) is 0.0434. The number of esters is 1. The molecule has 3 rings (SSSR count). The highest BCUT2D eigenvalue weighted by molar-refractivity contribution is 5.96. The molecule has 5 atom stereocenters. The average Bonchev–Trinajstić information content (AvgIpc) is 3.06. The maximum absolute atomic E-state index is 13.4. The number of hydrogen-bond acceptors (Lipinski definition) is 11. The smallest absolute Gasteiger partial charge is 0.347 e. The second-order valence-corrected chi connectivity index (χ2v) is 13.3. The van der Waals surface area contributed by atoms with Gasteiger partial charge in [-0.2, -0.15) is 0 Å². The highest BCUT2D eigenvalue weighted by Gasteiger charge is 2.44. The number of carbonyl (C=O) groups excluding carboxylic acids is 1. The highest BCUT2D eigenvalue weighted by Crippen LogP contribution is 2.34. The Kier molecular flexibility index (Phi) is 17.3. The molecule has 7 N–H and O–H groups in total. The van der Waals surface area contributed by atoms with Gasteiger partial charge in [-0.25, -0.2) is 9.59 Å². The maximum atomic E-state index is 13.4. The van der Waals surface area contributed by atoms with Crippen LogP contribution in [0.3, 0.4) is 0 Å². The molecule has 2 aromatic rings. The lowest BCUT2D eigenvalue weighted by molar-refractivity contribution is -0.277. The first-order valence-electron chi connectivity index (χ1n) is 18.1. The second-order valence-electron chi connectivity index (χ2n) is 13.3. The van der Waals surface area contributed by atoms with E-state index in [1.807, 2.05) is 0 Å². The summed E-state index contributed by atoms with van der Waals surface area (Å²) in [6.07, 6.45) is 10.5. The van der Waals surface area contributed by atoms with Crippen molar-refractivity contribution in [1.82, 2.24) is 0 Å². The summed E-state index contributed by atoms with van der Waals surface area (Å²) in [5.41, 5.74) is 0.0605. The van der Waals surface area contributed by atoms with E-state index >= 15 is 0 Å². The van der Waals surface area contributed by atoms with Crippen LogP contribution in [0.4, 0.5) is 0 Å². The van der Waals surface area contributed by atoms with Crippen LogP contribution in [0.5, 0.6) is 23.0 Å². The second kappa shape index (κ2) is 21.1. The Hall–Kier alpha value is -3.42. The number of phenols is 2. The Morgan fingerprint density at radius 2 is 1.22 bits per heavy atom. The van der Waals surface area contributed by atoms with E-state index in [9.17, 15) is 45.3 Å². The molecule has 0 bridgehead atoms. The number of aromatic carboxylic acids is 1. The van der Waals surface area contributed by atoms with Crippen LogP contribution in [0, 0.1) is 6.92 Å². The average molecular weight is 705 g/mol. The highest BCUT2D eigenvalue weighted by atomic mass is 16.7. The summed E-state index contributed by atoms with van der Waals surface area (Å²) in [5.74, 6) is -3.48. The number of carboxylic acids is 1. The van der Waals surface area contributed by atoms with Crippen molar-refractivity contribution in [2.24, 2.45) is 0 Å². The predicted molar refractivity (Wildman–Crippen MR) is 186 cm³/mol. The molecular weight excluding hydrogens is 648 g/mol. The summed E-state index contributed by atoms with van der Waals surface area (Å²) >= 11 is 0. The van der Waals surface area contributed by atoms with Crippen molar-refractivity contribution >= 4 is 11.9 Å². The van der Waals surface area contributed by atoms with Gasteiger partial charge in [0.25, 0.3) is 0 Å². The molecule has 0 aliphatic carbocycles. The molecule has 2 aromatic carbocycles. The molecule has 0 saturated carbocycles. The van der Waals surface area contributed by atoms with E-state index in [1.54, 1.807) is 0 Å². The monoisotopic (exact) mass is 704 g/mol. The van der Waals surface area contributed by atoms with Crippen LogP contribution in [0.25, 0.3) is 0 Å². The predicted octanol–water partition coefficient (Wildman–Crippen LogP) is 5.92. The molecule has 0 spiro atoms. The normalized spacial score (nSPS) is 20.5. The molecule has 1 fully saturated rings. The van der Waals surface area contributed by atoms with Gasteiger partial charge in [-0.15, -0.1) is 0 Å². The first kappa shape index (κ1) is 41.0. The molecule has 1 aliphatic rings. The third-order valence-electron chi connectivity index (χ3n) is 9.24. The number of rotatable bonds is 22. The Balaban J connectivity index is 1.63. The van der Waals surface area contributed by atoms with E-state index in [-0.39, 0.29) is 28.2 Å². The van der Waals surface area contributed by atoms with Gasteiger partial charge in [0, 0.05) is 12.1 Å². The van der Waals surface area contributed by atoms with Gasteiger partial charge >= 0.3 is 11.9 Å². The largest absolute Gasteiger partial charge is 0.507 e. The third kappa shape index (κ3) is 12.1. The summed E-state index contributed by atoms with van der Waals surface area (Å²) in [6, 6.07) is 4.90. The molecule has 12 heteroatoms. The lowest BCUT2D eigenvalue weighted by Crippen LogP contribution is -2.60. The van der Waals surface area contributed by atoms with Crippen LogP contribution >= 0.6 is 0 Å². The molecule has 12 nitrogen and oxygen atoms in total. The number of carbonyl (C=O) groups is 2. The molecule has 0 amide bonds. The molecule has 50 heavy (non-hydrogen) atoms. The van der Waals surface area contributed by atoms with Gasteiger partial charge in [0.2, 0.25) is 6.29 Å². The first-order chi connectivity index (χ1) is 24.0. The van der Waals surface area contributed by atoms with Crippen molar-refractivity contribution < 1.29 is 59.5 Å². The van der Waals surface area contributed by atoms with Crippen molar-refractivity contribution in [3.8, 4) is 23.0 Å². The van der Waals surface area contributed by atoms with Crippen molar-refractivity contribution in [3.63, 3.8) is 0 Å². The third-order valence-corrected chi connectivity index (χ3v) is 9.24. The number of hydrogen-bond donors (Lipinski definition) is 7. The number of phenolic OH excluding ortho intramolecular Hbond substituents is 1. The zero-order valence-electron chi connectivity index (χ0n) is 29.4. The summed E-state index contributed by atoms with van der Waals surface area (Å²) in [6.45, 7) is 3.04. The van der Waals surface area contributed by atoms with Gasteiger partial charge in [0.1, 0.15) is 58.5 Å². The summed E-state index contributed by atoms with van der Waals surface area (Å²) in [4.78, 5) is 24.9. The van der Waals surface area contributed by atoms with E-state index in [0.717, 1.165) is 37.8 Å². The molecule has 280 valence electrons. The number of aliphatic hydroxyl groups excluding tert-OH is 4. The Bertz CT molecular complexity index is 1340. The van der Waals surface area contributed by atoms with Gasteiger partial charge in [0.15, 0.2) is 0 Å². The number of aryl methyl sites for hydroxylation is 2. The number of carboxylic acid groups (broad SMARTS) is 1. The van der Waals surface area contributed by atoms with Gasteiger partial charge in [-0.3, -0.25) is 0 Å². The fraction of sp³-hybridized carbons (Fsp3) is 0.632. The van der Waals surface area contributed by atoms with Crippen LogP contribution in [-0.2, 0) is 11.2 Å². The van der Waals surface area contributed by atoms with E-state index < -0.39 is 60.8 Å². The number of aliphatic hydroxyl groups is 4. The van der Waals surface area contributed by atoms with Crippen molar-refractivity contribution in [2.75, 3.05) is 6.61 Å². The van der Waals surface area contributed by atoms with Crippen LogP contribution < -0.4 is 9.47 Å². The van der Waals surface area contributed by atoms with Crippen LogP contribution in [-0.4, -0.2) is 85.0 Å². The molecule has 1 aliphatic heterocycles. The zero-order chi connectivity index (χ0) is 36.6. The minimum atomic E-state index is -1.68. The SMILES string of the molecule is CCCCCCCCCCCCCCCCCc1cc(O[C@@H]2O[C@H](CO)[C@H](O)[C@H](O)[C@H]2O)cc(O)c1C(=O)Oc1cc(C)c(C(=O)O)c(O)c1. The maximum Gasteiger partial charge on any atom is 0.347 e. The summed E-state index contributed by atoms with van der Waals surface area (Å²) < 4.78 is 16.6. The Labute approximate surface area is 294 Å². The Morgan fingerprint density at radius 1 is 0.700 bits per heavy atom. The zero-order valence-corrected chi connectivity index (χ0v) is 29.4. The summed E-state index contributed by atoms with van der Waals surface area (Å²) in [5, 5.41) is 70.8. The van der Waals surface area contributed by atoms with Gasteiger partial charge in [-0.05, 0) is 43.0 Å². The fourth-order valence-corrected chi connectivity index (χ4v) is 6.37. The molecular formula is C38H56O12. The van der Waals surface area contributed by atoms with Crippen molar-refractivity contribution in [2.45, 2.75) is 147 Å². The standard InChI is InChI=1S/C38H56O12/c1-3-4-5-6-7-8-9-10-11-12-13-14-15-16-17-18-25-20-27(49-38-35(44)34(43)33(42)30(23-39)50-38)22-29(41)32(25)37(47)48-26-19-24(2)31(36(45)46)28(40)21-26/h19-22,30,33-35,38-44H,3-18,23H2,1-2H3,(H,45,46)/t30-,33+,34+,35-,38-/m1/s1. The van der Waals surface area contributed by atoms with E-state index in [1.165, 1.54) is 83.3 Å². The van der Waals surface area contributed by atoms with Crippen LogP contribution in [0.2, 0.25) is 0 Å². The van der Waals surface area contributed by atoms with E-state index in [4.69, 9.17) is 14.2 Å². The van der Waals surface area contributed by atoms with Gasteiger partial charge in [0.05, 0.1) is 6.61 Å². The lowest BCUT2D eigenvalue weighted by atomic mass is 9.98. The topological polar surface area (TPSA) is 203 Å².